The molecular weight excluding hydrogens is 498 g/mol. The van der Waals surface area contributed by atoms with E-state index in [9.17, 15) is 24.3 Å². The molecule has 0 saturated carbocycles. The molecule has 206 valence electrons. The molecule has 0 aliphatic heterocycles. The van der Waals surface area contributed by atoms with Crippen LogP contribution in [0.15, 0.2) is 48.5 Å². The van der Waals surface area contributed by atoms with E-state index in [-0.39, 0.29) is 24.5 Å². The predicted molar refractivity (Wildman–Crippen MR) is 135 cm³/mol. The summed E-state index contributed by atoms with van der Waals surface area (Å²) >= 11 is 0. The third-order valence-electron chi connectivity index (χ3n) is 4.77. The molecule has 0 aliphatic carbocycles. The lowest BCUT2D eigenvalue weighted by Gasteiger charge is -2.19. The van der Waals surface area contributed by atoms with Gasteiger partial charge in [0, 0.05) is 6.54 Å². The summed E-state index contributed by atoms with van der Waals surface area (Å²) in [4.78, 5) is 48.2. The summed E-state index contributed by atoms with van der Waals surface area (Å²) in [6.45, 7) is 8.27. The Labute approximate surface area is 221 Å². The second kappa shape index (κ2) is 14.6. The molecule has 2 rings (SSSR count). The van der Waals surface area contributed by atoms with Gasteiger partial charge in [-0.25, -0.2) is 14.4 Å². The van der Waals surface area contributed by atoms with Gasteiger partial charge >= 0.3 is 24.2 Å². The van der Waals surface area contributed by atoms with Crippen LogP contribution in [0.2, 0.25) is 0 Å². The van der Waals surface area contributed by atoms with Gasteiger partial charge in [0.2, 0.25) is 0 Å². The molecule has 0 radical (unpaired) electrons. The third-order valence-corrected chi connectivity index (χ3v) is 4.77. The average molecular weight is 532 g/mol. The Balaban J connectivity index is 2.11. The normalized spacial score (nSPS) is 12.4. The number of nitrogens with one attached hydrogen (secondary N) is 1. The number of rotatable bonds is 12. The summed E-state index contributed by atoms with van der Waals surface area (Å²) in [6, 6.07) is 11.6. The summed E-state index contributed by atoms with van der Waals surface area (Å²) in [6.07, 6.45) is -3.56. The van der Waals surface area contributed by atoms with Crippen LogP contribution in [0.1, 0.15) is 50.5 Å². The largest absolute Gasteiger partial charge is 0.514 e. The molecule has 0 heterocycles. The van der Waals surface area contributed by atoms with Crippen molar-refractivity contribution in [1.29, 1.82) is 0 Å². The van der Waals surface area contributed by atoms with E-state index in [4.69, 9.17) is 23.7 Å². The minimum absolute atomic E-state index is 0.0268. The van der Waals surface area contributed by atoms with Crippen LogP contribution in [0, 0.1) is 0 Å². The number of carboxylic acids is 1. The van der Waals surface area contributed by atoms with Gasteiger partial charge < -0.3 is 34.1 Å². The number of benzene rings is 2. The molecule has 0 amide bonds. The SMILES string of the molecule is CC(C)OC(=O)Oc1ccc(C[C@H](NCC(C)OC(=O)c2ccccc2)C(=O)O)cc1OC(=O)OC(C)C. The summed E-state index contributed by atoms with van der Waals surface area (Å²) in [7, 11) is 0. The van der Waals surface area contributed by atoms with Crippen molar-refractivity contribution in [2.24, 2.45) is 0 Å². The molecule has 2 aromatic rings. The predicted octanol–water partition coefficient (Wildman–Crippen LogP) is 4.37. The highest BCUT2D eigenvalue weighted by Gasteiger charge is 2.23. The van der Waals surface area contributed by atoms with Gasteiger partial charge in [0.25, 0.3) is 0 Å². The van der Waals surface area contributed by atoms with Crippen molar-refractivity contribution in [2.45, 2.75) is 65.4 Å². The van der Waals surface area contributed by atoms with E-state index < -0.39 is 48.6 Å². The first-order valence-corrected chi connectivity index (χ1v) is 12.1. The zero-order chi connectivity index (χ0) is 28.2. The van der Waals surface area contributed by atoms with E-state index in [1.165, 1.54) is 18.2 Å². The van der Waals surface area contributed by atoms with Gasteiger partial charge in [0.15, 0.2) is 11.5 Å². The number of hydrogen-bond acceptors (Lipinski definition) is 10. The van der Waals surface area contributed by atoms with Gasteiger partial charge in [0.1, 0.15) is 12.1 Å². The minimum atomic E-state index is -1.14. The van der Waals surface area contributed by atoms with E-state index in [1.807, 2.05) is 0 Å². The summed E-state index contributed by atoms with van der Waals surface area (Å²) < 4.78 is 25.7. The third kappa shape index (κ3) is 10.5. The van der Waals surface area contributed by atoms with Gasteiger partial charge in [-0.15, -0.1) is 0 Å². The Kier molecular flexibility index (Phi) is 11.5. The van der Waals surface area contributed by atoms with Crippen molar-refractivity contribution < 1.29 is 48.0 Å². The van der Waals surface area contributed by atoms with Gasteiger partial charge in [-0.2, -0.15) is 0 Å². The Hall–Kier alpha value is -4.12. The van der Waals surface area contributed by atoms with Crippen LogP contribution in [0.25, 0.3) is 0 Å². The second-order valence-electron chi connectivity index (χ2n) is 8.90. The quantitative estimate of drug-likeness (QED) is 0.229. The van der Waals surface area contributed by atoms with Crippen molar-refractivity contribution in [3.63, 3.8) is 0 Å². The Morgan fingerprint density at radius 3 is 1.92 bits per heavy atom. The molecular formula is C27H33NO10. The lowest BCUT2D eigenvalue weighted by molar-refractivity contribution is -0.139. The standard InChI is InChI=1S/C27H33NO10/c1-16(2)34-26(32)37-22-12-11-19(14-23(22)38-27(33)35-17(3)4)13-21(24(29)30)28-15-18(5)36-25(31)20-9-7-6-8-10-20/h6-12,14,16-18,21,28H,13,15H2,1-5H3,(H,29,30)/t18?,21-/m0/s1. The zero-order valence-electron chi connectivity index (χ0n) is 22.0. The molecule has 2 atom stereocenters. The molecule has 38 heavy (non-hydrogen) atoms. The summed E-state index contributed by atoms with van der Waals surface area (Å²) in [5.74, 6) is -1.92. The Morgan fingerprint density at radius 2 is 1.37 bits per heavy atom. The molecule has 1 unspecified atom stereocenters. The van der Waals surface area contributed by atoms with Crippen molar-refractivity contribution >= 4 is 24.2 Å². The van der Waals surface area contributed by atoms with E-state index in [2.05, 4.69) is 5.32 Å². The van der Waals surface area contributed by atoms with Crippen LogP contribution < -0.4 is 14.8 Å². The monoisotopic (exact) mass is 531 g/mol. The zero-order valence-corrected chi connectivity index (χ0v) is 22.0. The first-order valence-electron chi connectivity index (χ1n) is 12.1. The number of aliphatic carboxylic acids is 1. The Bertz CT molecular complexity index is 1100. The van der Waals surface area contributed by atoms with E-state index in [0.29, 0.717) is 11.1 Å². The van der Waals surface area contributed by atoms with Crippen LogP contribution in [0.5, 0.6) is 11.5 Å². The Morgan fingerprint density at radius 1 is 0.789 bits per heavy atom. The molecule has 0 fully saturated rings. The van der Waals surface area contributed by atoms with Gasteiger partial charge in [-0.3, -0.25) is 4.79 Å². The van der Waals surface area contributed by atoms with Crippen molar-refractivity contribution in [3.8, 4) is 11.5 Å². The lowest BCUT2D eigenvalue weighted by atomic mass is 10.0. The van der Waals surface area contributed by atoms with Crippen LogP contribution in [0.3, 0.4) is 0 Å². The van der Waals surface area contributed by atoms with Crippen molar-refractivity contribution in [1.82, 2.24) is 5.32 Å². The molecule has 0 saturated heterocycles. The number of carbonyl (C=O) groups excluding carboxylic acids is 3. The fourth-order valence-corrected chi connectivity index (χ4v) is 3.11. The number of esters is 1. The van der Waals surface area contributed by atoms with Crippen LogP contribution >= 0.6 is 0 Å². The average Bonchev–Trinajstić information content (AvgIpc) is 2.82. The van der Waals surface area contributed by atoms with Crippen molar-refractivity contribution in [2.75, 3.05) is 6.54 Å². The fraction of sp³-hybridized carbons (Fsp3) is 0.407. The maximum Gasteiger partial charge on any atom is 0.514 e. The number of hydrogen-bond donors (Lipinski definition) is 2. The molecule has 0 aliphatic rings. The first-order chi connectivity index (χ1) is 17.9. The lowest BCUT2D eigenvalue weighted by Crippen LogP contribution is -2.42. The molecule has 2 aromatic carbocycles. The molecule has 2 N–H and O–H groups in total. The number of ether oxygens (including phenoxy) is 5. The van der Waals surface area contributed by atoms with E-state index in [0.717, 1.165) is 0 Å². The van der Waals surface area contributed by atoms with Crippen LogP contribution in [-0.4, -0.2) is 60.3 Å². The highest BCUT2D eigenvalue weighted by atomic mass is 16.7. The topological polar surface area (TPSA) is 147 Å². The molecule has 0 bridgehead atoms. The summed E-state index contributed by atoms with van der Waals surface area (Å²) in [5.41, 5.74) is 0.841. The maximum atomic E-state index is 12.2. The molecule has 11 heteroatoms. The van der Waals surface area contributed by atoms with E-state index in [1.54, 1.807) is 65.0 Å². The minimum Gasteiger partial charge on any atom is -0.480 e. The summed E-state index contributed by atoms with van der Waals surface area (Å²) in [5, 5.41) is 12.6. The van der Waals surface area contributed by atoms with Crippen LogP contribution in [0.4, 0.5) is 9.59 Å². The number of carbonyl (C=O) groups is 4. The molecule has 0 aromatic heterocycles. The highest BCUT2D eigenvalue weighted by Crippen LogP contribution is 2.30. The fourth-order valence-electron chi connectivity index (χ4n) is 3.11. The number of carboxylic acid groups (broad SMARTS) is 1. The van der Waals surface area contributed by atoms with E-state index >= 15 is 0 Å². The van der Waals surface area contributed by atoms with Gasteiger partial charge in [-0.05, 0) is 70.9 Å². The smallest absolute Gasteiger partial charge is 0.480 e. The first kappa shape index (κ1) is 30.1. The van der Waals surface area contributed by atoms with Gasteiger partial charge in [0.05, 0.1) is 17.8 Å². The highest BCUT2D eigenvalue weighted by molar-refractivity contribution is 5.89. The molecule has 11 nitrogen and oxygen atoms in total. The second-order valence-corrected chi connectivity index (χ2v) is 8.90. The maximum absolute atomic E-state index is 12.2. The molecule has 0 spiro atoms. The van der Waals surface area contributed by atoms with Gasteiger partial charge in [-0.1, -0.05) is 24.3 Å². The van der Waals surface area contributed by atoms with Crippen LogP contribution in [-0.2, 0) is 25.4 Å². The van der Waals surface area contributed by atoms with Crippen molar-refractivity contribution in [3.05, 3.63) is 59.7 Å².